The van der Waals surface area contributed by atoms with Crippen LogP contribution in [0.25, 0.3) is 21.2 Å². The first-order valence-corrected chi connectivity index (χ1v) is 7.39. The maximum absolute atomic E-state index is 12.9. The highest BCUT2D eigenvalue weighted by atomic mass is 32.1. The molecule has 1 aromatic heterocycles. The molecule has 0 bridgehead atoms. The van der Waals surface area contributed by atoms with E-state index < -0.39 is 12.0 Å². The molecule has 0 spiro atoms. The van der Waals surface area contributed by atoms with Crippen molar-refractivity contribution in [2.24, 2.45) is 0 Å². The molecule has 112 valence electrons. The molecule has 0 aliphatic carbocycles. The summed E-state index contributed by atoms with van der Waals surface area (Å²) >= 11 is 0.890. The van der Waals surface area contributed by atoms with Gasteiger partial charge in [-0.3, -0.25) is 4.79 Å². The summed E-state index contributed by atoms with van der Waals surface area (Å²) in [5.41, 5.74) is 1.93. The topological polar surface area (TPSA) is 17.1 Å². The Kier molecular flexibility index (Phi) is 3.53. The molecule has 22 heavy (non-hydrogen) atoms. The van der Waals surface area contributed by atoms with Gasteiger partial charge in [-0.2, -0.15) is 13.2 Å². The van der Waals surface area contributed by atoms with Crippen LogP contribution in [0.5, 0.6) is 0 Å². The van der Waals surface area contributed by atoms with Crippen LogP contribution in [0, 0.1) is 6.92 Å². The fourth-order valence-corrected chi connectivity index (χ4v) is 3.61. The quantitative estimate of drug-likeness (QED) is 0.560. The van der Waals surface area contributed by atoms with Gasteiger partial charge in [-0.15, -0.1) is 11.3 Å². The SMILES string of the molecule is Cc1cccc(-c2c(C(=O)C(F)(F)F)sc3ccccc23)c1. The van der Waals surface area contributed by atoms with E-state index in [1.807, 2.05) is 13.0 Å². The van der Waals surface area contributed by atoms with Gasteiger partial charge in [0.05, 0.1) is 4.88 Å². The molecule has 1 nitrogen and oxygen atoms in total. The number of halogens is 3. The van der Waals surface area contributed by atoms with Gasteiger partial charge in [0.25, 0.3) is 5.78 Å². The molecule has 0 radical (unpaired) electrons. The molecular formula is C17H11F3OS. The van der Waals surface area contributed by atoms with Crippen molar-refractivity contribution in [1.29, 1.82) is 0 Å². The second-order valence-corrected chi connectivity index (χ2v) is 6.05. The molecule has 3 rings (SSSR count). The fourth-order valence-electron chi connectivity index (χ4n) is 2.42. The van der Waals surface area contributed by atoms with Gasteiger partial charge in [-0.05, 0) is 18.6 Å². The van der Waals surface area contributed by atoms with E-state index in [0.29, 0.717) is 21.2 Å². The number of Topliss-reactive ketones (excluding diaryl/α,β-unsaturated/α-hetero) is 1. The van der Waals surface area contributed by atoms with Crippen LogP contribution in [0.1, 0.15) is 15.2 Å². The molecule has 5 heteroatoms. The van der Waals surface area contributed by atoms with Gasteiger partial charge in [0.15, 0.2) is 0 Å². The van der Waals surface area contributed by atoms with Crippen LogP contribution in [0.2, 0.25) is 0 Å². The summed E-state index contributed by atoms with van der Waals surface area (Å²) in [5.74, 6) is -1.79. The first kappa shape index (κ1) is 14.8. The van der Waals surface area contributed by atoms with E-state index in [4.69, 9.17) is 0 Å². The third kappa shape index (κ3) is 2.52. The normalized spacial score (nSPS) is 11.8. The third-order valence-corrected chi connectivity index (χ3v) is 4.54. The average Bonchev–Trinajstić information content (AvgIpc) is 2.84. The minimum atomic E-state index is -4.88. The highest BCUT2D eigenvalue weighted by Gasteiger charge is 2.42. The van der Waals surface area contributed by atoms with Crippen molar-refractivity contribution in [3.05, 3.63) is 59.0 Å². The Morgan fingerprint density at radius 2 is 1.77 bits per heavy atom. The maximum atomic E-state index is 12.9. The minimum Gasteiger partial charge on any atom is -0.283 e. The first-order chi connectivity index (χ1) is 10.4. The molecule has 1 heterocycles. The maximum Gasteiger partial charge on any atom is 0.455 e. The zero-order chi connectivity index (χ0) is 15.9. The summed E-state index contributed by atoms with van der Waals surface area (Å²) in [6.45, 7) is 1.86. The van der Waals surface area contributed by atoms with Crippen molar-refractivity contribution in [3.8, 4) is 11.1 Å². The Balaban J connectivity index is 2.33. The van der Waals surface area contributed by atoms with Crippen molar-refractivity contribution >= 4 is 27.2 Å². The van der Waals surface area contributed by atoms with Crippen LogP contribution in [0.3, 0.4) is 0 Å². The largest absolute Gasteiger partial charge is 0.455 e. The molecule has 0 saturated heterocycles. The lowest BCUT2D eigenvalue weighted by molar-refractivity contribution is -0.0882. The first-order valence-electron chi connectivity index (χ1n) is 6.58. The number of alkyl halides is 3. The van der Waals surface area contributed by atoms with Crippen molar-refractivity contribution < 1.29 is 18.0 Å². The molecule has 2 aromatic carbocycles. The van der Waals surface area contributed by atoms with Crippen molar-refractivity contribution in [2.75, 3.05) is 0 Å². The summed E-state index contributed by atoms with van der Waals surface area (Å²) in [7, 11) is 0. The molecule has 0 saturated carbocycles. The van der Waals surface area contributed by atoms with Gasteiger partial charge in [0.1, 0.15) is 0 Å². The van der Waals surface area contributed by atoms with Gasteiger partial charge >= 0.3 is 6.18 Å². The number of benzene rings is 2. The molecule has 0 amide bonds. The number of carbonyl (C=O) groups is 1. The van der Waals surface area contributed by atoms with Crippen LogP contribution >= 0.6 is 11.3 Å². The van der Waals surface area contributed by atoms with Crippen molar-refractivity contribution in [2.45, 2.75) is 13.1 Å². The number of thiophene rings is 1. The lowest BCUT2D eigenvalue weighted by Gasteiger charge is -2.08. The van der Waals surface area contributed by atoms with Gasteiger partial charge in [0, 0.05) is 15.6 Å². The summed E-state index contributed by atoms with van der Waals surface area (Å²) in [5, 5.41) is 0.672. The minimum absolute atomic E-state index is 0.251. The second kappa shape index (κ2) is 5.25. The van der Waals surface area contributed by atoms with Crippen LogP contribution in [0.4, 0.5) is 13.2 Å². The Morgan fingerprint density at radius 1 is 1.05 bits per heavy atom. The van der Waals surface area contributed by atoms with E-state index >= 15 is 0 Å². The van der Waals surface area contributed by atoms with E-state index in [9.17, 15) is 18.0 Å². The lowest BCUT2D eigenvalue weighted by Crippen LogP contribution is -2.22. The zero-order valence-corrected chi connectivity index (χ0v) is 12.4. The average molecular weight is 320 g/mol. The summed E-state index contributed by atoms with van der Waals surface area (Å²) in [6.07, 6.45) is -4.88. The molecule has 0 unspecified atom stereocenters. The Hall–Kier alpha value is -2.14. The molecule has 0 aliphatic heterocycles. The van der Waals surface area contributed by atoms with Gasteiger partial charge in [-0.1, -0.05) is 48.0 Å². The number of rotatable bonds is 2. The summed E-state index contributed by atoms with van der Waals surface area (Å²) < 4.78 is 39.4. The number of aryl methyl sites for hydroxylation is 1. The van der Waals surface area contributed by atoms with Crippen molar-refractivity contribution in [1.82, 2.24) is 0 Å². The van der Waals surface area contributed by atoms with Crippen LogP contribution < -0.4 is 0 Å². The van der Waals surface area contributed by atoms with E-state index in [1.54, 1.807) is 42.5 Å². The fraction of sp³-hybridized carbons (Fsp3) is 0.118. The monoisotopic (exact) mass is 320 g/mol. The van der Waals surface area contributed by atoms with E-state index in [2.05, 4.69) is 0 Å². The molecular weight excluding hydrogens is 309 g/mol. The Labute approximate surface area is 129 Å². The lowest BCUT2D eigenvalue weighted by atomic mass is 9.99. The predicted octanol–water partition coefficient (Wildman–Crippen LogP) is 5.62. The van der Waals surface area contributed by atoms with E-state index in [1.165, 1.54) is 0 Å². The highest BCUT2D eigenvalue weighted by Crippen LogP contribution is 2.41. The second-order valence-electron chi connectivity index (χ2n) is 5.00. The molecule has 3 aromatic rings. The molecule has 0 fully saturated rings. The molecule has 0 N–H and O–H groups in total. The van der Waals surface area contributed by atoms with Crippen LogP contribution in [-0.2, 0) is 0 Å². The Bertz CT molecular complexity index is 862. The smallest absolute Gasteiger partial charge is 0.283 e. The number of hydrogen-bond donors (Lipinski definition) is 0. The standard InChI is InChI=1S/C17H11F3OS/c1-10-5-4-6-11(9-10)14-12-7-2-3-8-13(12)22-15(14)16(21)17(18,19)20/h2-9H,1H3. The molecule has 0 atom stereocenters. The van der Waals surface area contributed by atoms with Crippen molar-refractivity contribution in [3.63, 3.8) is 0 Å². The zero-order valence-electron chi connectivity index (χ0n) is 11.6. The number of hydrogen-bond acceptors (Lipinski definition) is 2. The number of ketones is 1. The van der Waals surface area contributed by atoms with Crippen LogP contribution in [0.15, 0.2) is 48.5 Å². The van der Waals surface area contributed by atoms with Gasteiger partial charge < -0.3 is 0 Å². The highest BCUT2D eigenvalue weighted by molar-refractivity contribution is 7.21. The van der Waals surface area contributed by atoms with Crippen LogP contribution in [-0.4, -0.2) is 12.0 Å². The number of fused-ring (bicyclic) bond motifs is 1. The van der Waals surface area contributed by atoms with E-state index in [0.717, 1.165) is 16.9 Å². The van der Waals surface area contributed by atoms with Gasteiger partial charge in [0.2, 0.25) is 0 Å². The Morgan fingerprint density at radius 3 is 2.45 bits per heavy atom. The molecule has 0 aliphatic rings. The summed E-state index contributed by atoms with van der Waals surface area (Å²) in [6, 6.07) is 14.2. The van der Waals surface area contributed by atoms with Gasteiger partial charge in [-0.25, -0.2) is 0 Å². The van der Waals surface area contributed by atoms with E-state index in [-0.39, 0.29) is 4.88 Å². The third-order valence-electron chi connectivity index (χ3n) is 3.37. The predicted molar refractivity (Wildman–Crippen MR) is 82.4 cm³/mol. The summed E-state index contributed by atoms with van der Waals surface area (Å²) in [4.78, 5) is 11.5. The number of carbonyl (C=O) groups excluding carboxylic acids is 1.